The third kappa shape index (κ3) is 4.04. The molecule has 0 saturated heterocycles. The lowest BCUT2D eigenvalue weighted by molar-refractivity contribution is 0.434. The molecule has 1 heteroatoms. The van der Waals surface area contributed by atoms with Crippen LogP contribution in [0.2, 0.25) is 0 Å². The molecule has 0 heterocycles. The second kappa shape index (κ2) is 7.50. The van der Waals surface area contributed by atoms with Gasteiger partial charge < -0.3 is 5.11 Å². The Balaban J connectivity index is 1.68. The highest BCUT2D eigenvalue weighted by molar-refractivity contribution is 5.71. The fourth-order valence-electron chi connectivity index (χ4n) is 3.44. The van der Waals surface area contributed by atoms with Crippen molar-refractivity contribution < 1.29 is 5.11 Å². The molecular formula is C22H26O. The molecule has 1 aliphatic rings. The van der Waals surface area contributed by atoms with E-state index in [0.717, 1.165) is 11.5 Å². The minimum Gasteiger partial charge on any atom is -0.508 e. The summed E-state index contributed by atoms with van der Waals surface area (Å²) in [7, 11) is 0. The van der Waals surface area contributed by atoms with Crippen LogP contribution in [0.25, 0.3) is 16.7 Å². The van der Waals surface area contributed by atoms with Gasteiger partial charge in [0.1, 0.15) is 5.75 Å². The van der Waals surface area contributed by atoms with Crippen molar-refractivity contribution in [2.24, 2.45) is 5.92 Å². The summed E-state index contributed by atoms with van der Waals surface area (Å²) in [6, 6.07) is 16.2. The summed E-state index contributed by atoms with van der Waals surface area (Å²) in [6.07, 6.45) is 10.3. The first-order chi connectivity index (χ1) is 11.3. The van der Waals surface area contributed by atoms with Crippen LogP contribution in [0.4, 0.5) is 0 Å². The number of hydrogen-bond acceptors (Lipinski definition) is 1. The quantitative estimate of drug-likeness (QED) is 0.674. The van der Waals surface area contributed by atoms with Gasteiger partial charge in [-0.2, -0.15) is 0 Å². The van der Waals surface area contributed by atoms with Gasteiger partial charge in [0, 0.05) is 0 Å². The van der Waals surface area contributed by atoms with Gasteiger partial charge in [-0.25, -0.2) is 0 Å². The lowest BCUT2D eigenvalue weighted by Crippen LogP contribution is -2.05. The molecule has 0 amide bonds. The molecule has 0 aromatic heterocycles. The summed E-state index contributed by atoms with van der Waals surface area (Å²) in [6.45, 7) is 2.28. The van der Waals surface area contributed by atoms with Gasteiger partial charge in [0.2, 0.25) is 0 Å². The van der Waals surface area contributed by atoms with Gasteiger partial charge in [0.15, 0.2) is 0 Å². The van der Waals surface area contributed by atoms with E-state index in [1.807, 2.05) is 12.1 Å². The van der Waals surface area contributed by atoms with Gasteiger partial charge in [-0.3, -0.25) is 0 Å². The molecule has 0 radical (unpaired) electrons. The van der Waals surface area contributed by atoms with E-state index < -0.39 is 0 Å². The number of allylic oxidation sites excluding steroid dienone is 2. The average molecular weight is 306 g/mol. The topological polar surface area (TPSA) is 20.2 Å². The summed E-state index contributed by atoms with van der Waals surface area (Å²) in [4.78, 5) is 0. The molecule has 23 heavy (non-hydrogen) atoms. The Kier molecular flexibility index (Phi) is 5.17. The number of phenols is 1. The van der Waals surface area contributed by atoms with Crippen molar-refractivity contribution in [3.63, 3.8) is 0 Å². The SMILES string of the molecule is CCCCC1CC=C(c2ccc(-c3ccc(O)cc3)cc2)CC1. The Labute approximate surface area is 139 Å². The van der Waals surface area contributed by atoms with Gasteiger partial charge >= 0.3 is 0 Å². The number of hydrogen-bond donors (Lipinski definition) is 1. The summed E-state index contributed by atoms with van der Waals surface area (Å²) >= 11 is 0. The molecule has 1 nitrogen and oxygen atoms in total. The van der Waals surface area contributed by atoms with Crippen LogP contribution in [0.3, 0.4) is 0 Å². The highest BCUT2D eigenvalue weighted by atomic mass is 16.3. The van der Waals surface area contributed by atoms with Crippen LogP contribution < -0.4 is 0 Å². The molecule has 120 valence electrons. The maximum atomic E-state index is 9.39. The van der Waals surface area contributed by atoms with Crippen LogP contribution in [-0.4, -0.2) is 5.11 Å². The molecule has 3 rings (SSSR count). The summed E-state index contributed by atoms with van der Waals surface area (Å²) in [5.74, 6) is 1.21. The zero-order valence-corrected chi connectivity index (χ0v) is 14.0. The van der Waals surface area contributed by atoms with E-state index >= 15 is 0 Å². The third-order valence-electron chi connectivity index (χ3n) is 4.94. The highest BCUT2D eigenvalue weighted by Gasteiger charge is 2.15. The number of phenolic OH excluding ortho intramolecular Hbond substituents is 1. The Hall–Kier alpha value is -2.02. The first-order valence-corrected chi connectivity index (χ1v) is 8.85. The molecule has 0 fully saturated rings. The smallest absolute Gasteiger partial charge is 0.115 e. The molecule has 2 aromatic carbocycles. The molecule has 1 N–H and O–H groups in total. The zero-order valence-electron chi connectivity index (χ0n) is 14.0. The predicted octanol–water partition coefficient (Wildman–Crippen LogP) is 6.43. The van der Waals surface area contributed by atoms with Gasteiger partial charge in [-0.1, -0.05) is 68.7 Å². The van der Waals surface area contributed by atoms with Gasteiger partial charge in [-0.05, 0) is 59.6 Å². The van der Waals surface area contributed by atoms with Crippen LogP contribution in [-0.2, 0) is 0 Å². The van der Waals surface area contributed by atoms with E-state index in [2.05, 4.69) is 37.3 Å². The van der Waals surface area contributed by atoms with Crippen LogP contribution in [0.15, 0.2) is 54.6 Å². The molecule has 0 aliphatic heterocycles. The minimum absolute atomic E-state index is 0.315. The van der Waals surface area contributed by atoms with Crippen LogP contribution in [0.1, 0.15) is 51.0 Å². The van der Waals surface area contributed by atoms with Crippen molar-refractivity contribution in [3.8, 4) is 16.9 Å². The van der Waals surface area contributed by atoms with Crippen LogP contribution in [0, 0.1) is 5.92 Å². The van der Waals surface area contributed by atoms with E-state index in [0.29, 0.717) is 5.75 Å². The average Bonchev–Trinajstić information content (AvgIpc) is 2.61. The number of rotatable bonds is 5. The summed E-state index contributed by atoms with van der Waals surface area (Å²) < 4.78 is 0. The van der Waals surface area contributed by atoms with Crippen molar-refractivity contribution in [2.45, 2.75) is 45.4 Å². The Bertz CT molecular complexity index is 649. The molecule has 1 atom stereocenters. The highest BCUT2D eigenvalue weighted by Crippen LogP contribution is 2.33. The predicted molar refractivity (Wildman–Crippen MR) is 98.4 cm³/mol. The monoisotopic (exact) mass is 306 g/mol. The molecule has 0 spiro atoms. The maximum absolute atomic E-state index is 9.39. The van der Waals surface area contributed by atoms with E-state index in [9.17, 15) is 5.11 Å². The number of unbranched alkanes of at least 4 members (excludes halogenated alkanes) is 1. The Morgan fingerprint density at radius 3 is 2.09 bits per heavy atom. The molecule has 1 aliphatic carbocycles. The van der Waals surface area contributed by atoms with Gasteiger partial charge in [-0.15, -0.1) is 0 Å². The standard InChI is InChI=1S/C22H26O/c1-2-3-4-17-5-7-18(8-6-17)19-9-11-20(12-10-19)21-13-15-22(23)16-14-21/h7,9-17,23H,2-6,8H2,1H3. The van der Waals surface area contributed by atoms with E-state index in [1.165, 1.54) is 55.2 Å². The van der Waals surface area contributed by atoms with E-state index in [-0.39, 0.29) is 0 Å². The molecule has 2 aromatic rings. The van der Waals surface area contributed by atoms with Crippen molar-refractivity contribution in [1.82, 2.24) is 0 Å². The second-order valence-corrected chi connectivity index (χ2v) is 6.64. The lowest BCUT2D eigenvalue weighted by Gasteiger charge is -2.22. The molecule has 1 unspecified atom stereocenters. The molecule has 0 bridgehead atoms. The fraction of sp³-hybridized carbons (Fsp3) is 0.364. The molecule has 0 saturated carbocycles. The van der Waals surface area contributed by atoms with E-state index in [4.69, 9.17) is 0 Å². The number of aromatic hydroxyl groups is 1. The normalized spacial score (nSPS) is 17.8. The molecular weight excluding hydrogens is 280 g/mol. The first-order valence-electron chi connectivity index (χ1n) is 8.85. The largest absolute Gasteiger partial charge is 0.508 e. The summed E-state index contributed by atoms with van der Waals surface area (Å²) in [5, 5.41) is 9.39. The lowest BCUT2D eigenvalue weighted by atomic mass is 9.84. The van der Waals surface area contributed by atoms with Crippen molar-refractivity contribution in [3.05, 3.63) is 60.2 Å². The minimum atomic E-state index is 0.315. The second-order valence-electron chi connectivity index (χ2n) is 6.64. The van der Waals surface area contributed by atoms with Gasteiger partial charge in [0.25, 0.3) is 0 Å². The maximum Gasteiger partial charge on any atom is 0.115 e. The van der Waals surface area contributed by atoms with Crippen molar-refractivity contribution in [2.75, 3.05) is 0 Å². The van der Waals surface area contributed by atoms with Crippen molar-refractivity contribution >= 4 is 5.57 Å². The third-order valence-corrected chi connectivity index (χ3v) is 4.94. The van der Waals surface area contributed by atoms with Crippen LogP contribution >= 0.6 is 0 Å². The van der Waals surface area contributed by atoms with Gasteiger partial charge in [0.05, 0.1) is 0 Å². The first kappa shape index (κ1) is 15.9. The fourth-order valence-corrected chi connectivity index (χ4v) is 3.44. The van der Waals surface area contributed by atoms with Crippen molar-refractivity contribution in [1.29, 1.82) is 0 Å². The summed E-state index contributed by atoms with van der Waals surface area (Å²) in [5.41, 5.74) is 5.22. The van der Waals surface area contributed by atoms with Crippen LogP contribution in [0.5, 0.6) is 5.75 Å². The van der Waals surface area contributed by atoms with E-state index in [1.54, 1.807) is 12.1 Å². The Morgan fingerprint density at radius 2 is 1.52 bits per heavy atom. The Morgan fingerprint density at radius 1 is 0.913 bits per heavy atom. The zero-order chi connectivity index (χ0) is 16.1. The number of benzene rings is 2.